The fraction of sp³-hybridized carbons (Fsp3) is 0.611. The second kappa shape index (κ2) is 6.51. The summed E-state index contributed by atoms with van der Waals surface area (Å²) < 4.78 is 7.19. The van der Waals surface area contributed by atoms with Gasteiger partial charge in [-0.2, -0.15) is 4.68 Å². The molecule has 1 aromatic carbocycles. The summed E-state index contributed by atoms with van der Waals surface area (Å²) in [5, 5.41) is 12.8. The largest absolute Gasteiger partial charge is 0.497 e. The monoisotopic (exact) mass is 327 g/mol. The molecular formula is C18H25N5O. The van der Waals surface area contributed by atoms with Crippen molar-refractivity contribution in [2.24, 2.45) is 0 Å². The maximum atomic E-state index is 5.26. The van der Waals surface area contributed by atoms with Crippen LogP contribution in [0.4, 0.5) is 0 Å². The second-order valence-electron chi connectivity index (χ2n) is 6.90. The average molecular weight is 327 g/mol. The number of hydrogen-bond acceptors (Lipinski definition) is 5. The molecule has 0 bridgehead atoms. The van der Waals surface area contributed by atoms with Crippen LogP contribution in [0, 0.1) is 0 Å². The number of piperidine rings is 1. The highest BCUT2D eigenvalue weighted by Gasteiger charge is 2.45. The number of aromatic nitrogens is 4. The van der Waals surface area contributed by atoms with Gasteiger partial charge in [-0.25, -0.2) is 0 Å². The summed E-state index contributed by atoms with van der Waals surface area (Å²) in [4.78, 5) is 2.65. The number of tetrazole rings is 1. The highest BCUT2D eigenvalue weighted by atomic mass is 16.5. The van der Waals surface area contributed by atoms with Crippen LogP contribution in [0.5, 0.6) is 5.75 Å². The highest BCUT2D eigenvalue weighted by molar-refractivity contribution is 5.37. The highest BCUT2D eigenvalue weighted by Crippen LogP contribution is 2.44. The maximum Gasteiger partial charge on any atom is 0.176 e. The Labute approximate surface area is 142 Å². The van der Waals surface area contributed by atoms with Crippen molar-refractivity contribution in [1.29, 1.82) is 0 Å². The Hall–Kier alpha value is -1.95. The zero-order valence-corrected chi connectivity index (χ0v) is 14.3. The number of hydrogen-bond donors (Lipinski definition) is 0. The molecule has 6 heteroatoms. The second-order valence-corrected chi connectivity index (χ2v) is 6.90. The molecule has 0 N–H and O–H groups in total. The van der Waals surface area contributed by atoms with Gasteiger partial charge in [0.1, 0.15) is 5.75 Å². The van der Waals surface area contributed by atoms with Gasteiger partial charge in [0, 0.05) is 0 Å². The van der Waals surface area contributed by atoms with Crippen molar-refractivity contribution in [2.45, 2.75) is 50.5 Å². The summed E-state index contributed by atoms with van der Waals surface area (Å²) >= 11 is 0. The first-order valence-corrected chi connectivity index (χ1v) is 9.02. The quantitative estimate of drug-likeness (QED) is 0.864. The molecule has 24 heavy (non-hydrogen) atoms. The van der Waals surface area contributed by atoms with Gasteiger partial charge in [-0.05, 0) is 73.5 Å². The molecule has 2 aliphatic rings. The van der Waals surface area contributed by atoms with E-state index in [1.807, 2.05) is 28.9 Å². The lowest BCUT2D eigenvalue weighted by atomic mass is 9.91. The molecular weight excluding hydrogens is 302 g/mol. The van der Waals surface area contributed by atoms with E-state index in [9.17, 15) is 0 Å². The zero-order valence-electron chi connectivity index (χ0n) is 14.3. The van der Waals surface area contributed by atoms with Crippen LogP contribution < -0.4 is 4.74 Å². The van der Waals surface area contributed by atoms with Crippen LogP contribution in [0.15, 0.2) is 24.3 Å². The standard InChI is InChI=1S/C18H25N5O/c1-24-16-9-7-15(8-10-16)23-17(19-20-21-23)18(11-3-4-12-18)22-13-5-2-6-14-22/h7-10H,2-6,11-14H2,1H3. The first-order valence-electron chi connectivity index (χ1n) is 9.02. The minimum Gasteiger partial charge on any atom is -0.497 e. The minimum atomic E-state index is 0.00382. The van der Waals surface area contributed by atoms with Crippen LogP contribution in [-0.2, 0) is 5.54 Å². The van der Waals surface area contributed by atoms with Gasteiger partial charge < -0.3 is 4.74 Å². The number of methoxy groups -OCH3 is 1. The average Bonchev–Trinajstić information content (AvgIpc) is 3.32. The van der Waals surface area contributed by atoms with Gasteiger partial charge in [0.25, 0.3) is 0 Å². The van der Waals surface area contributed by atoms with E-state index in [0.717, 1.165) is 43.2 Å². The van der Waals surface area contributed by atoms with Crippen molar-refractivity contribution in [3.63, 3.8) is 0 Å². The van der Waals surface area contributed by atoms with Crippen molar-refractivity contribution in [3.8, 4) is 11.4 Å². The molecule has 0 spiro atoms. The zero-order chi connectivity index (χ0) is 16.4. The topological polar surface area (TPSA) is 56.1 Å². The van der Waals surface area contributed by atoms with Crippen LogP contribution in [0.25, 0.3) is 5.69 Å². The van der Waals surface area contributed by atoms with Crippen LogP contribution in [-0.4, -0.2) is 45.3 Å². The minimum absolute atomic E-state index is 0.00382. The molecule has 1 aromatic heterocycles. The molecule has 2 heterocycles. The van der Waals surface area contributed by atoms with Gasteiger partial charge >= 0.3 is 0 Å². The van der Waals surface area contributed by atoms with E-state index in [4.69, 9.17) is 4.74 Å². The fourth-order valence-corrected chi connectivity index (χ4v) is 4.34. The number of nitrogens with zero attached hydrogens (tertiary/aromatic N) is 5. The molecule has 0 unspecified atom stereocenters. The van der Waals surface area contributed by atoms with E-state index < -0.39 is 0 Å². The van der Waals surface area contributed by atoms with Crippen molar-refractivity contribution < 1.29 is 4.74 Å². The molecule has 1 aliphatic heterocycles. The predicted molar refractivity (Wildman–Crippen MR) is 91.3 cm³/mol. The Balaban J connectivity index is 1.73. The smallest absolute Gasteiger partial charge is 0.176 e. The normalized spacial score (nSPS) is 21.0. The lowest BCUT2D eigenvalue weighted by molar-refractivity contribution is 0.0589. The Morgan fingerprint density at radius 2 is 1.67 bits per heavy atom. The number of likely N-dealkylation sites (tertiary alicyclic amines) is 1. The third-order valence-electron chi connectivity index (χ3n) is 5.59. The third-order valence-corrected chi connectivity index (χ3v) is 5.59. The third kappa shape index (κ3) is 2.59. The molecule has 0 amide bonds. The van der Waals surface area contributed by atoms with Crippen LogP contribution in [0.3, 0.4) is 0 Å². The van der Waals surface area contributed by atoms with Gasteiger partial charge in [0.05, 0.1) is 18.3 Å². The van der Waals surface area contributed by atoms with Crippen LogP contribution in [0.2, 0.25) is 0 Å². The van der Waals surface area contributed by atoms with Crippen LogP contribution in [0.1, 0.15) is 50.8 Å². The summed E-state index contributed by atoms with van der Waals surface area (Å²) in [7, 11) is 1.68. The summed E-state index contributed by atoms with van der Waals surface area (Å²) in [5.74, 6) is 1.85. The van der Waals surface area contributed by atoms with Gasteiger partial charge in [-0.3, -0.25) is 4.90 Å². The first kappa shape index (κ1) is 15.6. The maximum absolute atomic E-state index is 5.26. The SMILES string of the molecule is COc1ccc(-n2nnnc2C2(N3CCCCC3)CCCC2)cc1. The molecule has 4 rings (SSSR count). The number of rotatable bonds is 4. The van der Waals surface area contributed by atoms with Crippen LogP contribution >= 0.6 is 0 Å². The molecule has 1 saturated carbocycles. The Kier molecular flexibility index (Phi) is 4.22. The molecule has 6 nitrogen and oxygen atoms in total. The summed E-state index contributed by atoms with van der Waals surface area (Å²) in [5.41, 5.74) is 1.00. The van der Waals surface area contributed by atoms with E-state index >= 15 is 0 Å². The summed E-state index contributed by atoms with van der Waals surface area (Å²) in [6.07, 6.45) is 8.73. The van der Waals surface area contributed by atoms with Gasteiger partial charge in [0.2, 0.25) is 0 Å². The molecule has 1 aliphatic carbocycles. The van der Waals surface area contributed by atoms with Crippen molar-refractivity contribution in [2.75, 3.05) is 20.2 Å². The lowest BCUT2D eigenvalue weighted by Crippen LogP contribution is -2.48. The molecule has 1 saturated heterocycles. The number of benzene rings is 1. The fourth-order valence-electron chi connectivity index (χ4n) is 4.34. The van der Waals surface area contributed by atoms with Gasteiger partial charge in [0.15, 0.2) is 5.82 Å². The molecule has 0 radical (unpaired) electrons. The molecule has 128 valence electrons. The molecule has 2 fully saturated rings. The van der Waals surface area contributed by atoms with E-state index in [0.29, 0.717) is 0 Å². The van der Waals surface area contributed by atoms with E-state index in [1.54, 1.807) is 7.11 Å². The Morgan fingerprint density at radius 1 is 0.958 bits per heavy atom. The van der Waals surface area contributed by atoms with Gasteiger partial charge in [-0.15, -0.1) is 5.10 Å². The summed E-state index contributed by atoms with van der Waals surface area (Å²) in [6, 6.07) is 7.97. The van der Waals surface area contributed by atoms with Crippen molar-refractivity contribution in [3.05, 3.63) is 30.1 Å². The number of ether oxygens (including phenoxy) is 1. The summed E-state index contributed by atoms with van der Waals surface area (Å²) in [6.45, 7) is 2.32. The lowest BCUT2D eigenvalue weighted by Gasteiger charge is -2.42. The Morgan fingerprint density at radius 3 is 2.33 bits per heavy atom. The Bertz CT molecular complexity index is 669. The van der Waals surface area contributed by atoms with Gasteiger partial charge in [-0.1, -0.05) is 19.3 Å². The first-order chi connectivity index (χ1) is 11.8. The van der Waals surface area contributed by atoms with Crippen molar-refractivity contribution in [1.82, 2.24) is 25.1 Å². The molecule has 2 aromatic rings. The van der Waals surface area contributed by atoms with Crippen molar-refractivity contribution >= 4 is 0 Å². The predicted octanol–water partition coefficient (Wildman–Crippen LogP) is 2.93. The van der Waals surface area contributed by atoms with E-state index in [1.165, 1.54) is 32.1 Å². The van der Waals surface area contributed by atoms with E-state index in [-0.39, 0.29) is 5.54 Å². The van der Waals surface area contributed by atoms with E-state index in [2.05, 4.69) is 20.4 Å². The molecule has 0 atom stereocenters.